The summed E-state index contributed by atoms with van der Waals surface area (Å²) in [6.45, 7) is 1.36. The van der Waals surface area contributed by atoms with E-state index in [9.17, 15) is 26.4 Å². The summed E-state index contributed by atoms with van der Waals surface area (Å²) in [6, 6.07) is 21.9. The monoisotopic (exact) mass is 703 g/mol. The van der Waals surface area contributed by atoms with Crippen LogP contribution in [0.2, 0.25) is 0 Å². The van der Waals surface area contributed by atoms with Gasteiger partial charge in [-0.15, -0.1) is 0 Å². The van der Waals surface area contributed by atoms with E-state index in [0.717, 1.165) is 16.7 Å². The topological polar surface area (TPSA) is 198 Å². The van der Waals surface area contributed by atoms with Crippen molar-refractivity contribution in [1.29, 1.82) is 0 Å². The van der Waals surface area contributed by atoms with E-state index in [1.165, 1.54) is 18.2 Å². The average molecular weight is 704 g/mol. The fourth-order valence-corrected chi connectivity index (χ4v) is 6.64. The van der Waals surface area contributed by atoms with Crippen LogP contribution in [-0.4, -0.2) is 80.2 Å². The summed E-state index contributed by atoms with van der Waals surface area (Å²) in [7, 11) is -7.59. The molecule has 1 saturated carbocycles. The van der Waals surface area contributed by atoms with Crippen molar-refractivity contribution in [3.63, 3.8) is 0 Å². The number of sulfonamides is 2. The molecule has 5 rings (SSSR count). The maximum atomic E-state index is 12.9. The third-order valence-corrected chi connectivity index (χ3v) is 10.1. The van der Waals surface area contributed by atoms with Crippen LogP contribution in [0, 0.1) is 6.92 Å². The van der Waals surface area contributed by atoms with Crippen LogP contribution in [0.3, 0.4) is 0 Å². The van der Waals surface area contributed by atoms with Crippen molar-refractivity contribution in [2.24, 2.45) is 0 Å². The summed E-state index contributed by atoms with van der Waals surface area (Å²) in [5, 5.41) is 8.10. The minimum absolute atomic E-state index is 0. The number of nitrogens with one attached hydrogen (secondary N) is 5. The third kappa shape index (κ3) is 10.7. The number of nitrogens with zero attached hydrogens (tertiary/aromatic N) is 2. The van der Waals surface area contributed by atoms with Gasteiger partial charge < -0.3 is 20.7 Å². The molecule has 1 aliphatic carbocycles. The number of carbonyl (C=O) groups excluding carboxylic acids is 2. The molecule has 0 aliphatic heterocycles. The molecule has 14 nitrogen and oxygen atoms in total. The zero-order chi connectivity index (χ0) is 33.4. The zero-order valence-electron chi connectivity index (χ0n) is 25.3. The Hall–Kier alpha value is -4.06. The van der Waals surface area contributed by atoms with Crippen molar-refractivity contribution >= 4 is 84.7 Å². The standard InChI is InChI=1S/C31H33N7O7S2.Na.H/c1-21-17-32-30(37-29(21)35-24-10-5-9-23(15-24)18-34-46(41,42)26-13-14-26)36-25-11-6-12-27(16-25)47(43,44)38-28(39)19-33-31(40)45-20-22-7-3-2-4-8-22;;/h2-12,15-17,26,34H,13-14,18-20H2,1H3,(H,33,40)(H,38,39)(H2,32,35,36,37);;. The molecule has 0 spiro atoms. The summed E-state index contributed by atoms with van der Waals surface area (Å²) in [5.74, 6) is -0.311. The normalized spacial score (nSPS) is 12.7. The molecular weight excluding hydrogens is 670 g/mol. The quantitative estimate of drug-likeness (QED) is 0.121. The van der Waals surface area contributed by atoms with Gasteiger partial charge in [0.05, 0.1) is 10.1 Å². The number of benzene rings is 3. The molecule has 0 bridgehead atoms. The number of rotatable bonds is 14. The van der Waals surface area contributed by atoms with Gasteiger partial charge in [0.15, 0.2) is 0 Å². The van der Waals surface area contributed by atoms with Gasteiger partial charge in [-0.05, 0) is 61.2 Å². The van der Waals surface area contributed by atoms with E-state index >= 15 is 0 Å². The van der Waals surface area contributed by atoms with E-state index in [1.807, 2.05) is 35.9 Å². The zero-order valence-corrected chi connectivity index (χ0v) is 26.9. The van der Waals surface area contributed by atoms with Crippen molar-refractivity contribution < 1.29 is 31.2 Å². The minimum atomic E-state index is -4.28. The second kappa shape index (κ2) is 16.4. The molecule has 1 heterocycles. The molecule has 4 aromatic rings. The van der Waals surface area contributed by atoms with Crippen LogP contribution < -0.4 is 25.4 Å². The van der Waals surface area contributed by atoms with Gasteiger partial charge in [-0.3, -0.25) is 4.79 Å². The molecule has 0 atom stereocenters. The van der Waals surface area contributed by atoms with E-state index in [1.54, 1.807) is 42.6 Å². The fourth-order valence-electron chi connectivity index (χ4n) is 4.25. The molecule has 3 aromatic carbocycles. The Balaban J connectivity index is 0.00000520. The maximum absolute atomic E-state index is 12.9. The van der Waals surface area contributed by atoms with Crippen molar-refractivity contribution in [1.82, 2.24) is 24.7 Å². The predicted octanol–water partition coefficient (Wildman–Crippen LogP) is 2.94. The van der Waals surface area contributed by atoms with Crippen molar-refractivity contribution in [2.75, 3.05) is 17.2 Å². The molecule has 0 unspecified atom stereocenters. The van der Waals surface area contributed by atoms with Crippen LogP contribution in [0.15, 0.2) is 90.0 Å². The average Bonchev–Trinajstić information content (AvgIpc) is 3.91. The van der Waals surface area contributed by atoms with E-state index in [2.05, 4.69) is 30.6 Å². The number of amides is 2. The molecule has 1 aliphatic rings. The van der Waals surface area contributed by atoms with E-state index in [4.69, 9.17) is 4.74 Å². The van der Waals surface area contributed by atoms with Crippen LogP contribution in [0.25, 0.3) is 0 Å². The summed E-state index contributed by atoms with van der Waals surface area (Å²) in [6.07, 6.45) is 2.09. The van der Waals surface area contributed by atoms with Gasteiger partial charge >= 0.3 is 35.7 Å². The first-order chi connectivity index (χ1) is 22.5. The van der Waals surface area contributed by atoms with Crippen molar-refractivity contribution in [3.8, 4) is 0 Å². The third-order valence-electron chi connectivity index (χ3n) is 6.86. The summed E-state index contributed by atoms with van der Waals surface area (Å²) in [5.41, 5.74) is 3.27. The van der Waals surface area contributed by atoms with Crippen molar-refractivity contribution in [2.45, 2.75) is 43.1 Å². The SMILES string of the molecule is Cc1cnc(Nc2cccc(S(=O)(=O)NC(=O)CNC(=O)OCc3ccccc3)c2)nc1Nc1cccc(CNS(=O)(=O)C2CC2)c1.[NaH]. The predicted molar refractivity (Wildman–Crippen MR) is 182 cm³/mol. The molecule has 48 heavy (non-hydrogen) atoms. The number of hydrogen-bond donors (Lipinski definition) is 5. The second-order valence-corrected chi connectivity index (χ2v) is 14.4. The van der Waals surface area contributed by atoms with E-state index in [0.29, 0.717) is 30.0 Å². The Morgan fingerprint density at radius 3 is 2.29 bits per heavy atom. The van der Waals surface area contributed by atoms with Crippen LogP contribution >= 0.6 is 0 Å². The van der Waals surface area contributed by atoms with E-state index < -0.39 is 38.6 Å². The molecule has 17 heteroatoms. The van der Waals surface area contributed by atoms with Gasteiger partial charge in [0, 0.05) is 29.7 Å². The molecular formula is C31H34N7NaO7S2. The molecule has 2 amide bonds. The summed E-state index contributed by atoms with van der Waals surface area (Å²) >= 11 is 0. The number of alkyl carbamates (subject to hydrolysis) is 1. The van der Waals surface area contributed by atoms with Crippen molar-refractivity contribution in [3.05, 3.63) is 102 Å². The van der Waals surface area contributed by atoms with Crippen LogP contribution in [0.1, 0.15) is 29.5 Å². The number of aromatic nitrogens is 2. The van der Waals surface area contributed by atoms with E-state index in [-0.39, 0.29) is 58.8 Å². The van der Waals surface area contributed by atoms with Crippen LogP contribution in [0.5, 0.6) is 0 Å². The molecule has 1 aromatic heterocycles. The first-order valence-electron chi connectivity index (χ1n) is 14.5. The molecule has 5 N–H and O–H groups in total. The number of ether oxygens (including phenoxy) is 1. The number of aryl methyl sites for hydroxylation is 1. The summed E-state index contributed by atoms with van der Waals surface area (Å²) in [4.78, 5) is 32.8. The second-order valence-electron chi connectivity index (χ2n) is 10.7. The first-order valence-corrected chi connectivity index (χ1v) is 17.6. The van der Waals surface area contributed by atoms with Crippen LogP contribution in [-0.2, 0) is 42.7 Å². The van der Waals surface area contributed by atoms with Gasteiger partial charge in [0.25, 0.3) is 15.9 Å². The number of anilines is 4. The number of hydrogen-bond acceptors (Lipinski definition) is 11. The number of carbonyl (C=O) groups is 2. The summed E-state index contributed by atoms with van der Waals surface area (Å²) < 4.78 is 59.7. The Morgan fingerprint density at radius 2 is 1.56 bits per heavy atom. The molecule has 0 saturated heterocycles. The van der Waals surface area contributed by atoms with Gasteiger partial charge in [0.2, 0.25) is 16.0 Å². The molecule has 1 fully saturated rings. The Kier molecular flexibility index (Phi) is 12.5. The van der Waals surface area contributed by atoms with Gasteiger partial charge in [-0.1, -0.05) is 48.5 Å². The Labute approximate surface area is 300 Å². The Morgan fingerprint density at radius 1 is 0.875 bits per heavy atom. The van der Waals surface area contributed by atoms with Gasteiger partial charge in [-0.25, -0.2) is 36.1 Å². The first kappa shape index (κ1) is 36.8. The van der Waals surface area contributed by atoms with Gasteiger partial charge in [0.1, 0.15) is 19.0 Å². The van der Waals surface area contributed by atoms with Gasteiger partial charge in [-0.2, -0.15) is 4.98 Å². The molecule has 0 radical (unpaired) electrons. The Bertz CT molecular complexity index is 1980. The fraction of sp³-hybridized carbons (Fsp3) is 0.226. The van der Waals surface area contributed by atoms with Crippen LogP contribution in [0.4, 0.5) is 27.9 Å². The molecule has 248 valence electrons.